The van der Waals surface area contributed by atoms with E-state index in [1.807, 2.05) is 0 Å². The molecule has 0 aromatic heterocycles. The summed E-state index contributed by atoms with van der Waals surface area (Å²) in [7, 11) is 1.18. The lowest BCUT2D eigenvalue weighted by Gasteiger charge is -2.19. The summed E-state index contributed by atoms with van der Waals surface area (Å²) in [4.78, 5) is 33.4. The highest BCUT2D eigenvalue weighted by Crippen LogP contribution is 2.36. The van der Waals surface area contributed by atoms with Gasteiger partial charge in [-0.2, -0.15) is 0 Å². The summed E-state index contributed by atoms with van der Waals surface area (Å²) in [5.41, 5.74) is -0.712. The standard InChI is InChI=1S/C13H14N2O8/c1-21-11(13(17)18)6-14-12(16)7-4-9-10(23-3-2-22-9)5-8(7)15(19)20/h4-5,11H,2-3,6H2,1H3,(H,14,16)(H,17,18). The minimum atomic E-state index is -1.26. The van der Waals surface area contributed by atoms with E-state index in [4.69, 9.17) is 14.6 Å². The Labute approximate surface area is 130 Å². The highest BCUT2D eigenvalue weighted by Gasteiger charge is 2.27. The van der Waals surface area contributed by atoms with Gasteiger partial charge in [0.2, 0.25) is 0 Å². The quantitative estimate of drug-likeness (QED) is 0.558. The minimum absolute atomic E-state index is 0.180. The SMILES string of the molecule is COC(CNC(=O)c1cc2c(cc1[N+](=O)[O-])OCCO2)C(=O)O. The van der Waals surface area contributed by atoms with Crippen molar-refractivity contribution in [2.24, 2.45) is 0 Å². The van der Waals surface area contributed by atoms with Crippen LogP contribution in [-0.2, 0) is 9.53 Å². The van der Waals surface area contributed by atoms with Crippen molar-refractivity contribution in [1.29, 1.82) is 0 Å². The summed E-state index contributed by atoms with van der Waals surface area (Å²) >= 11 is 0. The first-order valence-electron chi connectivity index (χ1n) is 6.56. The second-order valence-corrected chi connectivity index (χ2v) is 4.54. The average Bonchev–Trinajstić information content (AvgIpc) is 2.53. The summed E-state index contributed by atoms with van der Waals surface area (Å²) in [6.45, 7) is 0.177. The van der Waals surface area contributed by atoms with Crippen molar-refractivity contribution in [3.05, 3.63) is 27.8 Å². The highest BCUT2D eigenvalue weighted by molar-refractivity contribution is 5.99. The molecule has 10 heteroatoms. The normalized spacial score (nSPS) is 14.0. The number of amides is 1. The third kappa shape index (κ3) is 3.66. The van der Waals surface area contributed by atoms with Crippen LogP contribution in [0.4, 0.5) is 5.69 Å². The smallest absolute Gasteiger partial charge is 0.334 e. The molecule has 1 aliphatic rings. The van der Waals surface area contributed by atoms with Crippen LogP contribution in [0.5, 0.6) is 11.5 Å². The Hall–Kier alpha value is -2.88. The predicted molar refractivity (Wildman–Crippen MR) is 74.9 cm³/mol. The summed E-state index contributed by atoms with van der Waals surface area (Å²) in [6, 6.07) is 2.30. The summed E-state index contributed by atoms with van der Waals surface area (Å²) in [5, 5.41) is 22.2. The molecule has 0 radical (unpaired) electrons. The molecule has 1 aliphatic heterocycles. The fourth-order valence-corrected chi connectivity index (χ4v) is 1.96. The third-order valence-electron chi connectivity index (χ3n) is 3.11. The van der Waals surface area contributed by atoms with Crippen LogP contribution in [0.25, 0.3) is 0 Å². The van der Waals surface area contributed by atoms with Crippen LogP contribution in [0.2, 0.25) is 0 Å². The van der Waals surface area contributed by atoms with E-state index in [0.29, 0.717) is 0 Å². The molecule has 1 unspecified atom stereocenters. The second-order valence-electron chi connectivity index (χ2n) is 4.54. The zero-order valence-electron chi connectivity index (χ0n) is 12.1. The van der Waals surface area contributed by atoms with Gasteiger partial charge in [0.05, 0.1) is 17.5 Å². The number of methoxy groups -OCH3 is 1. The lowest BCUT2D eigenvalue weighted by Crippen LogP contribution is -2.38. The van der Waals surface area contributed by atoms with Crippen LogP contribution in [0, 0.1) is 10.1 Å². The molecule has 1 aromatic rings. The molecular formula is C13H14N2O8. The van der Waals surface area contributed by atoms with Crippen molar-refractivity contribution in [2.75, 3.05) is 26.9 Å². The van der Waals surface area contributed by atoms with Gasteiger partial charge in [0, 0.05) is 13.2 Å². The highest BCUT2D eigenvalue weighted by atomic mass is 16.6. The van der Waals surface area contributed by atoms with Crippen molar-refractivity contribution in [1.82, 2.24) is 5.32 Å². The Morgan fingerprint density at radius 2 is 2.00 bits per heavy atom. The van der Waals surface area contributed by atoms with E-state index < -0.39 is 28.6 Å². The van der Waals surface area contributed by atoms with Gasteiger partial charge in [0.1, 0.15) is 18.8 Å². The van der Waals surface area contributed by atoms with E-state index in [1.54, 1.807) is 0 Å². The molecule has 1 heterocycles. The van der Waals surface area contributed by atoms with E-state index >= 15 is 0 Å². The van der Waals surface area contributed by atoms with Crippen molar-refractivity contribution < 1.29 is 33.8 Å². The molecule has 0 spiro atoms. The van der Waals surface area contributed by atoms with Crippen LogP contribution < -0.4 is 14.8 Å². The largest absolute Gasteiger partial charge is 0.486 e. The number of nitro benzene ring substituents is 1. The Morgan fingerprint density at radius 3 is 2.52 bits per heavy atom. The Morgan fingerprint density at radius 1 is 1.39 bits per heavy atom. The van der Waals surface area contributed by atoms with Gasteiger partial charge in [0.15, 0.2) is 17.6 Å². The zero-order valence-corrected chi connectivity index (χ0v) is 12.1. The predicted octanol–water partition coefficient (Wildman–Crippen LogP) is 0.195. The monoisotopic (exact) mass is 326 g/mol. The number of nitrogens with zero attached hydrogens (tertiary/aromatic N) is 1. The van der Waals surface area contributed by atoms with Gasteiger partial charge >= 0.3 is 5.97 Å². The van der Waals surface area contributed by atoms with Gasteiger partial charge in [-0.05, 0) is 0 Å². The number of benzene rings is 1. The van der Waals surface area contributed by atoms with Crippen LogP contribution in [0.15, 0.2) is 12.1 Å². The Kier molecular flexibility index (Phi) is 4.96. The minimum Gasteiger partial charge on any atom is -0.486 e. The van der Waals surface area contributed by atoms with Gasteiger partial charge in [-0.1, -0.05) is 0 Å². The summed E-state index contributed by atoms with van der Waals surface area (Å²) < 4.78 is 15.2. The van der Waals surface area contributed by atoms with Crippen LogP contribution >= 0.6 is 0 Å². The number of ether oxygens (including phenoxy) is 3. The molecule has 10 nitrogen and oxygen atoms in total. The molecule has 124 valence electrons. The molecule has 0 aliphatic carbocycles. The fraction of sp³-hybridized carbons (Fsp3) is 0.385. The van der Waals surface area contributed by atoms with Crippen molar-refractivity contribution in [3.8, 4) is 11.5 Å². The molecule has 0 fully saturated rings. The van der Waals surface area contributed by atoms with Gasteiger partial charge in [-0.25, -0.2) is 4.79 Å². The van der Waals surface area contributed by atoms with Gasteiger partial charge in [0.25, 0.3) is 11.6 Å². The Balaban J connectivity index is 2.24. The van der Waals surface area contributed by atoms with Gasteiger partial charge in [-0.15, -0.1) is 0 Å². The molecular weight excluding hydrogens is 312 g/mol. The first-order valence-corrected chi connectivity index (χ1v) is 6.56. The molecule has 2 N–H and O–H groups in total. The number of nitrogens with one attached hydrogen (secondary N) is 1. The first kappa shape index (κ1) is 16.5. The molecule has 1 atom stereocenters. The maximum absolute atomic E-state index is 12.1. The number of rotatable bonds is 6. The van der Waals surface area contributed by atoms with Crippen molar-refractivity contribution in [2.45, 2.75) is 6.10 Å². The number of fused-ring (bicyclic) bond motifs is 1. The number of carboxylic acid groups (broad SMARTS) is 1. The van der Waals surface area contributed by atoms with Crippen LogP contribution in [0.3, 0.4) is 0 Å². The topological polar surface area (TPSA) is 137 Å². The average molecular weight is 326 g/mol. The number of carbonyl (C=O) groups is 2. The molecule has 0 bridgehead atoms. The molecule has 1 aromatic carbocycles. The van der Waals surface area contributed by atoms with Crippen molar-refractivity contribution in [3.63, 3.8) is 0 Å². The first-order chi connectivity index (χ1) is 10.9. The van der Waals surface area contributed by atoms with Crippen LogP contribution in [-0.4, -0.2) is 54.9 Å². The van der Waals surface area contributed by atoms with E-state index in [1.165, 1.54) is 13.2 Å². The Bertz CT molecular complexity index is 645. The maximum Gasteiger partial charge on any atom is 0.334 e. The van der Waals surface area contributed by atoms with E-state index in [-0.39, 0.29) is 36.8 Å². The molecule has 1 amide bonds. The number of carboxylic acids is 1. The number of hydrogen-bond donors (Lipinski definition) is 2. The molecule has 0 saturated carbocycles. The van der Waals surface area contributed by atoms with E-state index in [9.17, 15) is 19.7 Å². The molecule has 23 heavy (non-hydrogen) atoms. The second kappa shape index (κ2) is 6.92. The zero-order chi connectivity index (χ0) is 17.0. The number of aliphatic carboxylic acids is 1. The third-order valence-corrected chi connectivity index (χ3v) is 3.11. The van der Waals surface area contributed by atoms with E-state index in [2.05, 4.69) is 10.1 Å². The van der Waals surface area contributed by atoms with E-state index in [0.717, 1.165) is 6.07 Å². The molecule has 0 saturated heterocycles. The fourth-order valence-electron chi connectivity index (χ4n) is 1.96. The number of carbonyl (C=O) groups excluding carboxylic acids is 1. The summed E-state index contributed by atoms with van der Waals surface area (Å²) in [6.07, 6.45) is -1.25. The maximum atomic E-state index is 12.1. The van der Waals surface area contributed by atoms with Gasteiger partial charge in [-0.3, -0.25) is 14.9 Å². The molecule has 2 rings (SSSR count). The lowest BCUT2D eigenvalue weighted by atomic mass is 10.1. The van der Waals surface area contributed by atoms with Crippen LogP contribution in [0.1, 0.15) is 10.4 Å². The summed E-state index contributed by atoms with van der Waals surface area (Å²) in [5.74, 6) is -1.67. The van der Waals surface area contributed by atoms with Crippen molar-refractivity contribution >= 4 is 17.6 Å². The van der Waals surface area contributed by atoms with Gasteiger partial charge < -0.3 is 24.6 Å². The number of nitro groups is 1. The number of hydrogen-bond acceptors (Lipinski definition) is 7. The lowest BCUT2D eigenvalue weighted by molar-refractivity contribution is -0.385.